The molecule has 0 aliphatic carbocycles. The summed E-state index contributed by atoms with van der Waals surface area (Å²) in [6.07, 6.45) is 3.44. The molecule has 122 valence electrons. The van der Waals surface area contributed by atoms with Crippen LogP contribution < -0.4 is 5.32 Å². The van der Waals surface area contributed by atoms with Gasteiger partial charge in [0.05, 0.1) is 5.92 Å². The van der Waals surface area contributed by atoms with Gasteiger partial charge in [-0.25, -0.2) is 0 Å². The second-order valence-electron chi connectivity index (χ2n) is 5.81. The van der Waals surface area contributed by atoms with Gasteiger partial charge in [0.15, 0.2) is 0 Å². The molecule has 3 rings (SSSR count). The first-order chi connectivity index (χ1) is 11.6. The smallest absolute Gasteiger partial charge is 0.232 e. The molecule has 0 aliphatic heterocycles. The molecule has 2 aromatic heterocycles. The summed E-state index contributed by atoms with van der Waals surface area (Å²) in [7, 11) is 0. The van der Waals surface area contributed by atoms with Gasteiger partial charge < -0.3 is 5.32 Å². The summed E-state index contributed by atoms with van der Waals surface area (Å²) in [6, 6.07) is 11.1. The van der Waals surface area contributed by atoms with Crippen molar-refractivity contribution in [1.82, 2.24) is 25.6 Å². The average molecular weight is 322 g/mol. The number of hydrogen-bond acceptors (Lipinski definition) is 5. The number of benzene rings is 1. The van der Waals surface area contributed by atoms with E-state index in [1.165, 1.54) is 0 Å². The van der Waals surface area contributed by atoms with Gasteiger partial charge in [0.25, 0.3) is 0 Å². The van der Waals surface area contributed by atoms with Crippen molar-refractivity contribution in [3.8, 4) is 11.4 Å². The highest BCUT2D eigenvalue weighted by Gasteiger charge is 2.24. The van der Waals surface area contributed by atoms with E-state index in [1.54, 1.807) is 12.4 Å². The monoisotopic (exact) mass is 322 g/mol. The van der Waals surface area contributed by atoms with Crippen LogP contribution in [0.1, 0.15) is 25.3 Å². The van der Waals surface area contributed by atoms with Crippen LogP contribution in [0.3, 0.4) is 0 Å². The second kappa shape index (κ2) is 6.99. The number of pyridine rings is 1. The first-order valence-corrected chi connectivity index (χ1v) is 7.70. The highest BCUT2D eigenvalue weighted by Crippen LogP contribution is 2.26. The van der Waals surface area contributed by atoms with E-state index in [2.05, 4.69) is 30.9 Å². The van der Waals surface area contributed by atoms with Gasteiger partial charge in [-0.1, -0.05) is 19.9 Å². The molecule has 0 fully saturated rings. The van der Waals surface area contributed by atoms with Gasteiger partial charge in [-0.15, -0.1) is 10.2 Å². The molecule has 7 nitrogen and oxygen atoms in total. The standard InChI is InChI=1S/C17H18N6O/c1-11(2)15(13-4-3-9-18-10-13)17(24)19-14-7-5-12(6-8-14)16-20-22-23-21-16/h3-11,15H,1-2H3,(H,19,24)(H,20,21,22,23)/t15-/m0/s1. The van der Waals surface area contributed by atoms with Gasteiger partial charge in [0.2, 0.25) is 11.7 Å². The lowest BCUT2D eigenvalue weighted by molar-refractivity contribution is -0.118. The molecule has 0 bridgehead atoms. The van der Waals surface area contributed by atoms with Crippen LogP contribution in [0.25, 0.3) is 11.4 Å². The summed E-state index contributed by atoms with van der Waals surface area (Å²) >= 11 is 0. The van der Waals surface area contributed by atoms with Gasteiger partial charge in [-0.2, -0.15) is 5.21 Å². The van der Waals surface area contributed by atoms with Gasteiger partial charge in [-0.05, 0) is 47.0 Å². The zero-order valence-electron chi connectivity index (χ0n) is 13.5. The Morgan fingerprint density at radius 1 is 1.17 bits per heavy atom. The Morgan fingerprint density at radius 3 is 2.54 bits per heavy atom. The molecular formula is C17H18N6O. The van der Waals surface area contributed by atoms with Gasteiger partial charge in [0, 0.05) is 23.6 Å². The number of carbonyl (C=O) groups excluding carboxylic acids is 1. The second-order valence-corrected chi connectivity index (χ2v) is 5.81. The largest absolute Gasteiger partial charge is 0.326 e. The number of anilines is 1. The average Bonchev–Trinajstić information content (AvgIpc) is 3.11. The van der Waals surface area contributed by atoms with E-state index in [-0.39, 0.29) is 17.7 Å². The molecule has 0 unspecified atom stereocenters. The molecule has 7 heteroatoms. The van der Waals surface area contributed by atoms with Crippen molar-refractivity contribution in [3.63, 3.8) is 0 Å². The zero-order valence-corrected chi connectivity index (χ0v) is 13.5. The van der Waals surface area contributed by atoms with Crippen LogP contribution in [0.5, 0.6) is 0 Å². The maximum atomic E-state index is 12.7. The number of tetrazole rings is 1. The molecule has 0 radical (unpaired) electrons. The predicted molar refractivity (Wildman–Crippen MR) is 90.1 cm³/mol. The summed E-state index contributed by atoms with van der Waals surface area (Å²) in [6.45, 7) is 4.05. The van der Waals surface area contributed by atoms with Crippen LogP contribution in [-0.4, -0.2) is 31.5 Å². The third kappa shape index (κ3) is 3.45. The van der Waals surface area contributed by atoms with Crippen LogP contribution in [0, 0.1) is 5.92 Å². The summed E-state index contributed by atoms with van der Waals surface area (Å²) in [5, 5.41) is 16.8. The SMILES string of the molecule is CC(C)[C@H](C(=O)Nc1ccc(-c2nn[nH]n2)cc1)c1cccnc1. The number of nitrogens with zero attached hydrogens (tertiary/aromatic N) is 4. The molecule has 2 N–H and O–H groups in total. The van der Waals surface area contributed by atoms with E-state index in [1.807, 2.05) is 50.2 Å². The molecule has 0 aliphatic rings. The fraction of sp³-hybridized carbons (Fsp3) is 0.235. The number of hydrogen-bond donors (Lipinski definition) is 2. The molecule has 24 heavy (non-hydrogen) atoms. The maximum Gasteiger partial charge on any atom is 0.232 e. The van der Waals surface area contributed by atoms with Crippen molar-refractivity contribution in [2.24, 2.45) is 5.92 Å². The summed E-state index contributed by atoms with van der Waals surface area (Å²) in [5.74, 6) is 0.372. The van der Waals surface area contributed by atoms with Crippen molar-refractivity contribution in [2.45, 2.75) is 19.8 Å². The number of amides is 1. The molecular weight excluding hydrogens is 304 g/mol. The maximum absolute atomic E-state index is 12.7. The lowest BCUT2D eigenvalue weighted by atomic mass is 9.88. The Bertz CT molecular complexity index is 784. The van der Waals surface area contributed by atoms with Crippen molar-refractivity contribution >= 4 is 11.6 Å². The Hall–Kier alpha value is -3.09. The molecule has 1 atom stereocenters. The molecule has 1 aromatic carbocycles. The number of rotatable bonds is 5. The minimum Gasteiger partial charge on any atom is -0.326 e. The Morgan fingerprint density at radius 2 is 1.96 bits per heavy atom. The summed E-state index contributed by atoms with van der Waals surface area (Å²) in [4.78, 5) is 16.8. The number of carbonyl (C=O) groups is 1. The van der Waals surface area contributed by atoms with Crippen molar-refractivity contribution in [1.29, 1.82) is 0 Å². The van der Waals surface area contributed by atoms with Crippen LogP contribution in [0.4, 0.5) is 5.69 Å². The van der Waals surface area contributed by atoms with E-state index < -0.39 is 0 Å². The Balaban J connectivity index is 1.75. The number of aromatic nitrogens is 5. The van der Waals surface area contributed by atoms with Gasteiger partial charge in [0.1, 0.15) is 0 Å². The lowest BCUT2D eigenvalue weighted by Gasteiger charge is -2.20. The van der Waals surface area contributed by atoms with Crippen LogP contribution >= 0.6 is 0 Å². The summed E-state index contributed by atoms with van der Waals surface area (Å²) in [5.41, 5.74) is 2.46. The number of aromatic amines is 1. The zero-order chi connectivity index (χ0) is 16.9. The van der Waals surface area contributed by atoms with Crippen LogP contribution in [0.2, 0.25) is 0 Å². The van der Waals surface area contributed by atoms with Gasteiger partial charge in [-0.3, -0.25) is 9.78 Å². The molecule has 0 saturated carbocycles. The molecule has 1 amide bonds. The van der Waals surface area contributed by atoms with Crippen molar-refractivity contribution in [2.75, 3.05) is 5.32 Å². The van der Waals surface area contributed by atoms with Crippen LogP contribution in [0.15, 0.2) is 48.8 Å². The fourth-order valence-corrected chi connectivity index (χ4v) is 2.61. The lowest BCUT2D eigenvalue weighted by Crippen LogP contribution is -2.25. The summed E-state index contributed by atoms with van der Waals surface area (Å²) < 4.78 is 0. The normalized spacial score (nSPS) is 12.1. The molecule has 2 heterocycles. The number of H-pyrrole nitrogens is 1. The third-order valence-corrected chi connectivity index (χ3v) is 3.75. The van der Waals surface area contributed by atoms with Crippen molar-refractivity contribution < 1.29 is 4.79 Å². The molecule has 0 spiro atoms. The quantitative estimate of drug-likeness (QED) is 0.752. The first kappa shape index (κ1) is 15.8. The predicted octanol–water partition coefficient (Wildman–Crippen LogP) is 2.64. The van der Waals surface area contributed by atoms with Crippen molar-refractivity contribution in [3.05, 3.63) is 54.4 Å². The topological polar surface area (TPSA) is 96.5 Å². The Labute approximate surface area is 139 Å². The van der Waals surface area contributed by atoms with E-state index in [0.717, 1.165) is 16.8 Å². The van der Waals surface area contributed by atoms with Crippen LogP contribution in [-0.2, 0) is 4.79 Å². The van der Waals surface area contributed by atoms with Gasteiger partial charge >= 0.3 is 0 Å². The highest BCUT2D eigenvalue weighted by molar-refractivity contribution is 5.96. The van der Waals surface area contributed by atoms with E-state index in [9.17, 15) is 4.79 Å². The third-order valence-electron chi connectivity index (χ3n) is 3.75. The number of nitrogens with one attached hydrogen (secondary N) is 2. The molecule has 0 saturated heterocycles. The molecule has 3 aromatic rings. The highest BCUT2D eigenvalue weighted by atomic mass is 16.1. The first-order valence-electron chi connectivity index (χ1n) is 7.70. The van der Waals surface area contributed by atoms with E-state index in [0.29, 0.717) is 5.82 Å². The fourth-order valence-electron chi connectivity index (χ4n) is 2.61. The van der Waals surface area contributed by atoms with E-state index in [4.69, 9.17) is 0 Å². The van der Waals surface area contributed by atoms with E-state index >= 15 is 0 Å². The minimum absolute atomic E-state index is 0.0506. The Kier molecular flexibility index (Phi) is 4.60. The minimum atomic E-state index is -0.254.